The Hall–Kier alpha value is -2.80. The highest BCUT2D eigenvalue weighted by Gasteiger charge is 2.14. The van der Waals surface area contributed by atoms with Gasteiger partial charge in [0.1, 0.15) is 5.75 Å². The van der Waals surface area contributed by atoms with Crippen LogP contribution in [0.25, 0.3) is 0 Å². The number of rotatable bonds is 6. The van der Waals surface area contributed by atoms with Gasteiger partial charge in [-0.2, -0.15) is 5.26 Å². The second-order valence-electron chi connectivity index (χ2n) is 5.30. The van der Waals surface area contributed by atoms with Gasteiger partial charge in [0.15, 0.2) is 5.78 Å². The lowest BCUT2D eigenvalue weighted by Crippen LogP contribution is -2.19. The minimum Gasteiger partial charge on any atom is -0.494 e. The van der Waals surface area contributed by atoms with Crippen molar-refractivity contribution >= 4 is 11.5 Å². The van der Waals surface area contributed by atoms with Crippen LogP contribution in [0.4, 0.5) is 5.69 Å². The third kappa shape index (κ3) is 3.89. The van der Waals surface area contributed by atoms with Gasteiger partial charge in [-0.05, 0) is 38.1 Å². The summed E-state index contributed by atoms with van der Waals surface area (Å²) in [6.45, 7) is 4.67. The molecular weight excluding hydrogens is 288 g/mol. The van der Waals surface area contributed by atoms with Crippen LogP contribution in [-0.2, 0) is 6.54 Å². The van der Waals surface area contributed by atoms with Crippen molar-refractivity contribution in [1.29, 1.82) is 5.26 Å². The van der Waals surface area contributed by atoms with Crippen molar-refractivity contribution in [2.24, 2.45) is 0 Å². The molecule has 2 rings (SSSR count). The molecule has 0 aromatic heterocycles. The molecule has 2 aromatic carbocycles. The van der Waals surface area contributed by atoms with E-state index in [-0.39, 0.29) is 5.78 Å². The Morgan fingerprint density at radius 1 is 1.26 bits per heavy atom. The Morgan fingerprint density at radius 2 is 2.00 bits per heavy atom. The normalized spacial score (nSPS) is 10.0. The highest BCUT2D eigenvalue weighted by atomic mass is 16.5. The number of carbonyl (C=O) groups excluding carboxylic acids is 1. The number of hydrogen-bond donors (Lipinski definition) is 0. The number of para-hydroxylation sites is 1. The number of Topliss-reactive ketones (excluding diaryl/α,β-unsaturated/α-hetero) is 1. The van der Waals surface area contributed by atoms with Gasteiger partial charge in [0.05, 0.1) is 18.2 Å². The molecule has 0 N–H and O–H groups in total. The zero-order valence-electron chi connectivity index (χ0n) is 13.7. The van der Waals surface area contributed by atoms with Crippen LogP contribution < -0.4 is 9.64 Å². The molecule has 0 heterocycles. The largest absolute Gasteiger partial charge is 0.494 e. The summed E-state index contributed by atoms with van der Waals surface area (Å²) in [5, 5.41) is 9.10. The number of anilines is 1. The summed E-state index contributed by atoms with van der Waals surface area (Å²) in [5.41, 5.74) is 2.94. The number of ether oxygens (including phenoxy) is 1. The molecule has 0 saturated carbocycles. The summed E-state index contributed by atoms with van der Waals surface area (Å²) in [4.78, 5) is 13.8. The topological polar surface area (TPSA) is 53.3 Å². The molecule has 0 unspecified atom stereocenters. The summed E-state index contributed by atoms with van der Waals surface area (Å²) in [6, 6.07) is 15.1. The molecule has 4 heteroatoms. The van der Waals surface area contributed by atoms with Crippen LogP contribution in [0.1, 0.15) is 35.3 Å². The molecule has 0 aliphatic heterocycles. The maximum atomic E-state index is 11.9. The van der Waals surface area contributed by atoms with Crippen molar-refractivity contribution in [1.82, 2.24) is 0 Å². The number of nitrogens with zero attached hydrogens (tertiary/aromatic N) is 2. The van der Waals surface area contributed by atoms with Crippen LogP contribution in [0.3, 0.4) is 0 Å². The van der Waals surface area contributed by atoms with E-state index < -0.39 is 0 Å². The van der Waals surface area contributed by atoms with Gasteiger partial charge >= 0.3 is 0 Å². The van der Waals surface area contributed by atoms with Gasteiger partial charge in [0.2, 0.25) is 0 Å². The molecule has 0 aliphatic carbocycles. The molecule has 0 bridgehead atoms. The van der Waals surface area contributed by atoms with Crippen molar-refractivity contribution in [2.45, 2.75) is 20.4 Å². The van der Waals surface area contributed by atoms with Gasteiger partial charge < -0.3 is 9.64 Å². The molecular formula is C19H20N2O2. The van der Waals surface area contributed by atoms with Crippen LogP contribution in [-0.4, -0.2) is 19.4 Å². The zero-order valence-corrected chi connectivity index (χ0v) is 13.7. The monoisotopic (exact) mass is 308 g/mol. The number of carbonyl (C=O) groups is 1. The average molecular weight is 308 g/mol. The van der Waals surface area contributed by atoms with E-state index in [1.807, 2.05) is 43.1 Å². The van der Waals surface area contributed by atoms with Gasteiger partial charge in [-0.15, -0.1) is 0 Å². The fourth-order valence-electron chi connectivity index (χ4n) is 2.49. The number of ketones is 1. The Labute approximate surface area is 136 Å². The first kappa shape index (κ1) is 16.6. The maximum absolute atomic E-state index is 11.9. The van der Waals surface area contributed by atoms with Crippen molar-refractivity contribution in [3.63, 3.8) is 0 Å². The second kappa shape index (κ2) is 7.46. The van der Waals surface area contributed by atoms with Gasteiger partial charge in [-0.1, -0.05) is 18.2 Å². The van der Waals surface area contributed by atoms with Crippen LogP contribution >= 0.6 is 0 Å². The summed E-state index contributed by atoms with van der Waals surface area (Å²) >= 11 is 0. The highest BCUT2D eigenvalue weighted by Crippen LogP contribution is 2.26. The Bertz CT molecular complexity index is 747. The molecule has 4 nitrogen and oxygen atoms in total. The Balaban J connectivity index is 2.36. The lowest BCUT2D eigenvalue weighted by atomic mass is 10.0. The molecule has 118 valence electrons. The molecule has 0 spiro atoms. The fourth-order valence-corrected chi connectivity index (χ4v) is 2.49. The molecule has 0 aliphatic rings. The van der Waals surface area contributed by atoms with E-state index in [4.69, 9.17) is 10.00 Å². The smallest absolute Gasteiger partial charge is 0.161 e. The third-order valence-corrected chi connectivity index (χ3v) is 3.60. The van der Waals surface area contributed by atoms with Crippen molar-refractivity contribution in [2.75, 3.05) is 18.6 Å². The SMILES string of the molecule is CCOc1ccccc1CN(C)c1cc(C#N)ccc1C(C)=O. The Kier molecular flexibility index (Phi) is 5.37. The molecule has 0 fully saturated rings. The summed E-state index contributed by atoms with van der Waals surface area (Å²) in [7, 11) is 1.91. The molecule has 2 aromatic rings. The highest BCUT2D eigenvalue weighted by molar-refractivity contribution is 6.00. The van der Waals surface area contributed by atoms with E-state index in [2.05, 4.69) is 6.07 Å². The predicted octanol–water partition coefficient (Wildman–Crippen LogP) is 3.80. The van der Waals surface area contributed by atoms with Crippen LogP contribution in [0, 0.1) is 11.3 Å². The van der Waals surface area contributed by atoms with Gasteiger partial charge in [0.25, 0.3) is 0 Å². The maximum Gasteiger partial charge on any atom is 0.161 e. The first-order valence-electron chi connectivity index (χ1n) is 7.53. The number of benzene rings is 2. The average Bonchev–Trinajstić information content (AvgIpc) is 2.56. The lowest BCUT2D eigenvalue weighted by Gasteiger charge is -2.23. The van der Waals surface area contributed by atoms with Gasteiger partial charge in [0, 0.05) is 30.4 Å². The third-order valence-electron chi connectivity index (χ3n) is 3.60. The summed E-state index contributed by atoms with van der Waals surface area (Å²) in [6.07, 6.45) is 0. The predicted molar refractivity (Wildman–Crippen MR) is 90.9 cm³/mol. The minimum atomic E-state index is -0.0190. The first-order valence-corrected chi connectivity index (χ1v) is 7.53. The Morgan fingerprint density at radius 3 is 2.65 bits per heavy atom. The van der Waals surface area contributed by atoms with E-state index in [9.17, 15) is 4.79 Å². The van der Waals surface area contributed by atoms with E-state index in [1.54, 1.807) is 18.2 Å². The van der Waals surface area contributed by atoms with Crippen molar-refractivity contribution in [3.05, 3.63) is 59.2 Å². The van der Waals surface area contributed by atoms with Crippen LogP contribution in [0.15, 0.2) is 42.5 Å². The fraction of sp³-hybridized carbons (Fsp3) is 0.263. The van der Waals surface area contributed by atoms with E-state index in [0.717, 1.165) is 17.0 Å². The quantitative estimate of drug-likeness (QED) is 0.762. The summed E-state index contributed by atoms with van der Waals surface area (Å²) in [5.74, 6) is 0.817. The summed E-state index contributed by atoms with van der Waals surface area (Å²) < 4.78 is 5.65. The lowest BCUT2D eigenvalue weighted by molar-refractivity contribution is 0.101. The first-order chi connectivity index (χ1) is 11.1. The van der Waals surface area contributed by atoms with Crippen LogP contribution in [0.5, 0.6) is 5.75 Å². The van der Waals surface area contributed by atoms with E-state index in [1.165, 1.54) is 6.92 Å². The van der Waals surface area contributed by atoms with E-state index in [0.29, 0.717) is 24.3 Å². The number of nitriles is 1. The standard InChI is InChI=1S/C19H20N2O2/c1-4-23-19-8-6-5-7-16(19)13-21(3)18-11-15(12-20)9-10-17(18)14(2)22/h5-11H,4,13H2,1-3H3. The van der Waals surface area contributed by atoms with Gasteiger partial charge in [-0.25, -0.2) is 0 Å². The molecule has 0 radical (unpaired) electrons. The molecule has 23 heavy (non-hydrogen) atoms. The van der Waals surface area contributed by atoms with Crippen molar-refractivity contribution < 1.29 is 9.53 Å². The van der Waals surface area contributed by atoms with E-state index >= 15 is 0 Å². The van der Waals surface area contributed by atoms with Crippen LogP contribution in [0.2, 0.25) is 0 Å². The molecule has 0 saturated heterocycles. The molecule has 0 amide bonds. The molecule has 0 atom stereocenters. The number of hydrogen-bond acceptors (Lipinski definition) is 4. The second-order valence-corrected chi connectivity index (χ2v) is 5.30. The van der Waals surface area contributed by atoms with Gasteiger partial charge in [-0.3, -0.25) is 4.79 Å². The minimum absolute atomic E-state index is 0.0190. The zero-order chi connectivity index (χ0) is 16.8. The van der Waals surface area contributed by atoms with Crippen molar-refractivity contribution in [3.8, 4) is 11.8 Å².